The predicted molar refractivity (Wildman–Crippen MR) is 105 cm³/mol. The Labute approximate surface area is 165 Å². The predicted octanol–water partition coefficient (Wildman–Crippen LogP) is 2.80. The van der Waals surface area contributed by atoms with E-state index in [2.05, 4.69) is 5.32 Å². The fourth-order valence-electron chi connectivity index (χ4n) is 3.22. The van der Waals surface area contributed by atoms with Gasteiger partial charge in [0, 0.05) is 11.7 Å². The molecule has 1 atom stereocenters. The first-order valence-electron chi connectivity index (χ1n) is 8.61. The summed E-state index contributed by atoms with van der Waals surface area (Å²) in [6, 6.07) is 14.6. The van der Waals surface area contributed by atoms with Crippen LogP contribution >= 0.6 is 11.8 Å². The number of carboxylic acids is 2. The largest absolute Gasteiger partial charge is 0.481 e. The maximum atomic E-state index is 12.1. The zero-order chi connectivity index (χ0) is 20.1. The number of carboxylic acid groups (broad SMARTS) is 2. The van der Waals surface area contributed by atoms with Crippen LogP contribution in [0.5, 0.6) is 0 Å². The monoisotopic (exact) mass is 401 g/mol. The summed E-state index contributed by atoms with van der Waals surface area (Å²) in [7, 11) is 0. The minimum Gasteiger partial charge on any atom is -0.481 e. The lowest BCUT2D eigenvalue weighted by atomic mass is 9.98. The van der Waals surface area contributed by atoms with E-state index < -0.39 is 24.1 Å². The van der Waals surface area contributed by atoms with Crippen LogP contribution in [0.25, 0.3) is 11.1 Å². The van der Waals surface area contributed by atoms with Crippen molar-refractivity contribution in [2.75, 3.05) is 18.1 Å². The average Bonchev–Trinajstić information content (AvgIpc) is 2.99. The number of benzene rings is 2. The molecule has 0 fully saturated rings. The van der Waals surface area contributed by atoms with Crippen LogP contribution in [0, 0.1) is 0 Å². The summed E-state index contributed by atoms with van der Waals surface area (Å²) in [5.41, 5.74) is 4.31. The van der Waals surface area contributed by atoms with Crippen LogP contribution in [0.1, 0.15) is 17.0 Å². The molecule has 0 saturated heterocycles. The number of nitrogens with one attached hydrogen (secondary N) is 1. The number of thioether (sulfide) groups is 1. The van der Waals surface area contributed by atoms with E-state index in [1.807, 2.05) is 48.5 Å². The second-order valence-corrected chi connectivity index (χ2v) is 7.30. The summed E-state index contributed by atoms with van der Waals surface area (Å²) in [5.74, 6) is -2.72. The average molecular weight is 401 g/mol. The first kappa shape index (κ1) is 19.8. The molecule has 1 amide bonds. The van der Waals surface area contributed by atoms with Gasteiger partial charge in [-0.25, -0.2) is 9.59 Å². The van der Waals surface area contributed by atoms with E-state index in [0.29, 0.717) is 0 Å². The van der Waals surface area contributed by atoms with Crippen LogP contribution in [0.3, 0.4) is 0 Å². The fourth-order valence-corrected chi connectivity index (χ4v) is 3.98. The van der Waals surface area contributed by atoms with Gasteiger partial charge in [-0.15, -0.1) is 11.8 Å². The smallest absolute Gasteiger partial charge is 0.407 e. The first-order chi connectivity index (χ1) is 13.5. The quantitative estimate of drug-likeness (QED) is 0.623. The highest BCUT2D eigenvalue weighted by Crippen LogP contribution is 2.44. The fraction of sp³-hybridized carbons (Fsp3) is 0.250. The Morgan fingerprint density at radius 1 is 1.00 bits per heavy atom. The minimum atomic E-state index is -1.24. The topological polar surface area (TPSA) is 113 Å². The molecule has 0 spiro atoms. The molecule has 7 nitrogen and oxygen atoms in total. The van der Waals surface area contributed by atoms with Crippen LogP contribution in [0.4, 0.5) is 4.79 Å². The maximum absolute atomic E-state index is 12.1. The Morgan fingerprint density at radius 3 is 2.11 bits per heavy atom. The Bertz CT molecular complexity index is 854. The molecule has 146 valence electrons. The van der Waals surface area contributed by atoms with Crippen molar-refractivity contribution in [2.24, 2.45) is 0 Å². The second-order valence-electron chi connectivity index (χ2n) is 6.27. The molecule has 2 aromatic carbocycles. The second kappa shape index (κ2) is 8.79. The van der Waals surface area contributed by atoms with Crippen molar-refractivity contribution in [1.29, 1.82) is 0 Å². The molecule has 0 bridgehead atoms. The van der Waals surface area contributed by atoms with Crippen molar-refractivity contribution < 1.29 is 29.3 Å². The molecular weight excluding hydrogens is 382 g/mol. The third kappa shape index (κ3) is 4.45. The van der Waals surface area contributed by atoms with Crippen LogP contribution in [0.15, 0.2) is 48.5 Å². The molecule has 0 aromatic heterocycles. The van der Waals surface area contributed by atoms with Gasteiger partial charge in [0.2, 0.25) is 0 Å². The number of ether oxygens (including phenoxy) is 1. The number of carbonyl (C=O) groups excluding carboxylic acids is 1. The number of hydrogen-bond acceptors (Lipinski definition) is 5. The van der Waals surface area contributed by atoms with Gasteiger partial charge in [-0.3, -0.25) is 4.79 Å². The Kier molecular flexibility index (Phi) is 6.20. The maximum Gasteiger partial charge on any atom is 0.407 e. The van der Waals surface area contributed by atoms with Crippen molar-refractivity contribution >= 4 is 29.8 Å². The SMILES string of the molecule is O=C(O)CSC[C@H](NC(=O)OCC1c2ccccc2-c2ccccc21)C(=O)O. The van der Waals surface area contributed by atoms with E-state index in [-0.39, 0.29) is 24.0 Å². The van der Waals surface area contributed by atoms with Crippen LogP contribution in [-0.4, -0.2) is 52.4 Å². The highest BCUT2D eigenvalue weighted by Gasteiger charge is 2.29. The Morgan fingerprint density at radius 2 is 1.57 bits per heavy atom. The van der Waals surface area contributed by atoms with Crippen LogP contribution in [0.2, 0.25) is 0 Å². The van der Waals surface area contributed by atoms with Gasteiger partial charge >= 0.3 is 18.0 Å². The minimum absolute atomic E-state index is 0.0637. The summed E-state index contributed by atoms with van der Waals surface area (Å²) in [5, 5.41) is 20.1. The summed E-state index contributed by atoms with van der Waals surface area (Å²) in [4.78, 5) is 33.9. The molecular formula is C20H19NO6S. The number of hydrogen-bond donors (Lipinski definition) is 3. The van der Waals surface area contributed by atoms with Crippen molar-refractivity contribution in [2.45, 2.75) is 12.0 Å². The van der Waals surface area contributed by atoms with Crippen molar-refractivity contribution in [3.05, 3.63) is 59.7 Å². The van der Waals surface area contributed by atoms with Gasteiger partial charge in [0.25, 0.3) is 0 Å². The van der Waals surface area contributed by atoms with Gasteiger partial charge in [-0.05, 0) is 22.3 Å². The van der Waals surface area contributed by atoms with Gasteiger partial charge in [0.05, 0.1) is 5.75 Å². The third-order valence-corrected chi connectivity index (χ3v) is 5.46. The van der Waals surface area contributed by atoms with Crippen LogP contribution < -0.4 is 5.32 Å². The van der Waals surface area contributed by atoms with Crippen molar-refractivity contribution in [1.82, 2.24) is 5.32 Å². The molecule has 0 radical (unpaired) electrons. The number of amides is 1. The van der Waals surface area contributed by atoms with E-state index in [4.69, 9.17) is 9.84 Å². The molecule has 0 unspecified atom stereocenters. The molecule has 0 heterocycles. The summed E-state index contributed by atoms with van der Waals surface area (Å²) in [6.07, 6.45) is -0.842. The third-order valence-electron chi connectivity index (χ3n) is 4.44. The number of carbonyl (C=O) groups is 3. The lowest BCUT2D eigenvalue weighted by Crippen LogP contribution is -2.43. The summed E-state index contributed by atoms with van der Waals surface area (Å²) in [6.45, 7) is 0.0778. The first-order valence-corrected chi connectivity index (χ1v) is 9.76. The van der Waals surface area contributed by atoms with Crippen LogP contribution in [-0.2, 0) is 14.3 Å². The lowest BCUT2D eigenvalue weighted by molar-refractivity contribution is -0.139. The van der Waals surface area contributed by atoms with Gasteiger partial charge < -0.3 is 20.3 Å². The molecule has 1 aliphatic carbocycles. The Hall–Kier alpha value is -3.00. The zero-order valence-electron chi connectivity index (χ0n) is 14.8. The summed E-state index contributed by atoms with van der Waals surface area (Å²) < 4.78 is 5.31. The standard InChI is InChI=1S/C20H19NO6S/c22-18(23)11-28-10-17(19(24)25)21-20(26)27-9-16-14-7-3-1-5-12(14)13-6-2-4-8-15(13)16/h1-8,16-17H,9-11H2,(H,21,26)(H,22,23)(H,24,25)/t17-/m0/s1. The van der Waals surface area contributed by atoms with E-state index in [0.717, 1.165) is 34.0 Å². The van der Waals surface area contributed by atoms with Gasteiger partial charge in [0.1, 0.15) is 12.6 Å². The normalized spacial score (nSPS) is 13.3. The van der Waals surface area contributed by atoms with Crippen molar-refractivity contribution in [3.8, 4) is 11.1 Å². The molecule has 1 aliphatic rings. The van der Waals surface area contributed by atoms with Gasteiger partial charge in [0.15, 0.2) is 0 Å². The van der Waals surface area contributed by atoms with Crippen molar-refractivity contribution in [3.63, 3.8) is 0 Å². The number of alkyl carbamates (subject to hydrolysis) is 1. The highest BCUT2D eigenvalue weighted by atomic mass is 32.2. The molecule has 0 aliphatic heterocycles. The highest BCUT2D eigenvalue weighted by molar-refractivity contribution is 8.00. The van der Waals surface area contributed by atoms with Gasteiger partial charge in [-0.1, -0.05) is 48.5 Å². The lowest BCUT2D eigenvalue weighted by Gasteiger charge is -2.17. The van der Waals surface area contributed by atoms with E-state index in [1.165, 1.54) is 0 Å². The molecule has 0 saturated carbocycles. The number of aliphatic carboxylic acids is 2. The number of rotatable bonds is 8. The number of fused-ring (bicyclic) bond motifs is 3. The summed E-state index contributed by atoms with van der Waals surface area (Å²) >= 11 is 0.914. The van der Waals surface area contributed by atoms with E-state index in [9.17, 15) is 19.5 Å². The van der Waals surface area contributed by atoms with Gasteiger partial charge in [-0.2, -0.15) is 0 Å². The molecule has 28 heavy (non-hydrogen) atoms. The molecule has 3 rings (SSSR count). The molecule has 2 aromatic rings. The zero-order valence-corrected chi connectivity index (χ0v) is 15.6. The van der Waals surface area contributed by atoms with E-state index in [1.54, 1.807) is 0 Å². The Balaban J connectivity index is 1.62. The molecule has 8 heteroatoms. The van der Waals surface area contributed by atoms with E-state index >= 15 is 0 Å². The molecule has 3 N–H and O–H groups in total.